The number of aromatic amines is 1. The fraction of sp³-hybridized carbons (Fsp3) is 0.333. The lowest BCUT2D eigenvalue weighted by Gasteiger charge is -2.08. The summed E-state index contributed by atoms with van der Waals surface area (Å²) in [6, 6.07) is 3.73. The van der Waals surface area contributed by atoms with Crippen molar-refractivity contribution >= 4 is 29.0 Å². The number of hydrogen-bond donors (Lipinski definition) is 2. The fourth-order valence-electron chi connectivity index (χ4n) is 1.18. The second kappa shape index (κ2) is 5.78. The molecule has 0 aliphatic heterocycles. The monoisotopic (exact) mass is 269 g/mol. The van der Waals surface area contributed by atoms with Gasteiger partial charge in [-0.1, -0.05) is 11.3 Å². The minimum atomic E-state index is -0.231. The number of rotatable bonds is 5. The van der Waals surface area contributed by atoms with Crippen LogP contribution in [0.3, 0.4) is 0 Å². The van der Waals surface area contributed by atoms with E-state index in [0.717, 1.165) is 4.21 Å². The molecule has 0 saturated carbocycles. The van der Waals surface area contributed by atoms with Crippen LogP contribution >= 0.6 is 23.1 Å². The maximum atomic E-state index is 11.6. The summed E-state index contributed by atoms with van der Waals surface area (Å²) in [7, 11) is 0. The van der Waals surface area contributed by atoms with Gasteiger partial charge in [-0.2, -0.15) is 5.21 Å². The topological polar surface area (TPSA) is 83.6 Å². The number of nitrogens with one attached hydrogen (secondary N) is 2. The first-order valence-corrected chi connectivity index (χ1v) is 6.81. The largest absolute Gasteiger partial charge is 0.345 e. The zero-order valence-corrected chi connectivity index (χ0v) is 10.7. The molecule has 2 N–H and O–H groups in total. The van der Waals surface area contributed by atoms with Crippen molar-refractivity contribution in [1.29, 1.82) is 0 Å². The number of tetrazole rings is 1. The molecular formula is C9H11N5OS2. The van der Waals surface area contributed by atoms with Crippen LogP contribution in [0.5, 0.6) is 0 Å². The molecule has 17 heavy (non-hydrogen) atoms. The zero-order valence-electron chi connectivity index (χ0n) is 9.08. The Morgan fingerprint density at radius 3 is 3.24 bits per heavy atom. The number of carbonyl (C=O) groups excluding carboxylic acids is 1. The molecule has 90 valence electrons. The number of aromatic nitrogens is 4. The van der Waals surface area contributed by atoms with Crippen molar-refractivity contribution in [2.75, 3.05) is 5.75 Å². The third kappa shape index (κ3) is 3.53. The molecule has 0 bridgehead atoms. The summed E-state index contributed by atoms with van der Waals surface area (Å²) in [4.78, 5) is 11.6. The van der Waals surface area contributed by atoms with Gasteiger partial charge in [0, 0.05) is 0 Å². The lowest BCUT2D eigenvalue weighted by Crippen LogP contribution is -2.28. The standard InChI is InChI=1S/C9H11N5OS2/c1-6(9-11-13-14-12-9)10-7(15)5-17-8-3-2-4-16-8/h2-4,6H,5H2,1H3,(H,10,15)(H,11,12,13,14). The smallest absolute Gasteiger partial charge is 0.230 e. The van der Waals surface area contributed by atoms with E-state index in [-0.39, 0.29) is 11.9 Å². The predicted molar refractivity (Wildman–Crippen MR) is 65.8 cm³/mol. The van der Waals surface area contributed by atoms with Gasteiger partial charge < -0.3 is 5.32 Å². The van der Waals surface area contributed by atoms with Crippen LogP contribution in [0.2, 0.25) is 0 Å². The Morgan fingerprint density at radius 2 is 2.59 bits per heavy atom. The maximum Gasteiger partial charge on any atom is 0.230 e. The van der Waals surface area contributed by atoms with Crippen molar-refractivity contribution in [3.05, 3.63) is 23.3 Å². The van der Waals surface area contributed by atoms with Crippen LogP contribution in [0.1, 0.15) is 18.8 Å². The molecule has 1 atom stereocenters. The Labute approximate surface area is 106 Å². The van der Waals surface area contributed by atoms with Gasteiger partial charge in [-0.3, -0.25) is 4.79 Å². The van der Waals surface area contributed by atoms with E-state index in [1.807, 2.05) is 24.4 Å². The van der Waals surface area contributed by atoms with Gasteiger partial charge in [0.2, 0.25) is 5.91 Å². The zero-order chi connectivity index (χ0) is 12.1. The minimum Gasteiger partial charge on any atom is -0.345 e. The molecule has 0 spiro atoms. The van der Waals surface area contributed by atoms with Gasteiger partial charge >= 0.3 is 0 Å². The second-order valence-electron chi connectivity index (χ2n) is 3.28. The average molecular weight is 269 g/mol. The van der Waals surface area contributed by atoms with Gasteiger partial charge in [0.05, 0.1) is 16.0 Å². The lowest BCUT2D eigenvalue weighted by atomic mass is 10.3. The SMILES string of the molecule is CC(NC(=O)CSc1cccs1)c1nn[nH]n1. The first-order valence-electron chi connectivity index (χ1n) is 4.94. The van der Waals surface area contributed by atoms with E-state index >= 15 is 0 Å². The summed E-state index contributed by atoms with van der Waals surface area (Å²) in [5.41, 5.74) is 0. The minimum absolute atomic E-state index is 0.0410. The van der Waals surface area contributed by atoms with Crippen molar-refractivity contribution in [3.63, 3.8) is 0 Å². The highest BCUT2D eigenvalue weighted by molar-refractivity contribution is 8.01. The average Bonchev–Trinajstić information content (AvgIpc) is 2.99. The Morgan fingerprint density at radius 1 is 1.71 bits per heavy atom. The number of H-pyrrole nitrogens is 1. The molecule has 0 aromatic carbocycles. The van der Waals surface area contributed by atoms with Gasteiger partial charge in [-0.05, 0) is 18.4 Å². The number of thiophene rings is 1. The molecule has 0 radical (unpaired) electrons. The summed E-state index contributed by atoms with van der Waals surface area (Å²) in [6.45, 7) is 1.82. The Hall–Kier alpha value is -1.41. The molecule has 2 rings (SSSR count). The number of amides is 1. The normalized spacial score (nSPS) is 12.3. The van der Waals surface area contributed by atoms with Crippen LogP contribution in [0.25, 0.3) is 0 Å². The van der Waals surface area contributed by atoms with Crippen LogP contribution in [0.4, 0.5) is 0 Å². The molecule has 0 aliphatic carbocycles. The summed E-state index contributed by atoms with van der Waals surface area (Å²) < 4.78 is 1.13. The highest BCUT2D eigenvalue weighted by Crippen LogP contribution is 2.23. The summed E-state index contributed by atoms with van der Waals surface area (Å²) in [5.74, 6) is 0.836. The lowest BCUT2D eigenvalue weighted by molar-refractivity contribution is -0.119. The predicted octanol–water partition coefficient (Wildman–Crippen LogP) is 1.23. The quantitative estimate of drug-likeness (QED) is 0.798. The van der Waals surface area contributed by atoms with Crippen LogP contribution in [-0.2, 0) is 4.79 Å². The van der Waals surface area contributed by atoms with E-state index in [9.17, 15) is 4.79 Å². The number of hydrogen-bond acceptors (Lipinski definition) is 6. The van der Waals surface area contributed by atoms with Crippen LogP contribution in [-0.4, -0.2) is 32.3 Å². The van der Waals surface area contributed by atoms with E-state index in [2.05, 4.69) is 25.9 Å². The molecule has 1 amide bonds. The van der Waals surface area contributed by atoms with E-state index in [1.165, 1.54) is 11.8 Å². The Bertz CT molecular complexity index is 456. The molecule has 0 fully saturated rings. The van der Waals surface area contributed by atoms with Crippen molar-refractivity contribution in [3.8, 4) is 0 Å². The van der Waals surface area contributed by atoms with E-state index < -0.39 is 0 Å². The molecule has 0 aliphatic rings. The van der Waals surface area contributed by atoms with Crippen LogP contribution in [0, 0.1) is 0 Å². The van der Waals surface area contributed by atoms with E-state index in [1.54, 1.807) is 11.3 Å². The molecule has 2 aromatic rings. The summed E-state index contributed by atoms with van der Waals surface area (Å²) in [5, 5.41) is 18.2. The van der Waals surface area contributed by atoms with Crippen LogP contribution in [0.15, 0.2) is 21.7 Å². The first kappa shape index (κ1) is 12.1. The second-order valence-corrected chi connectivity index (χ2v) is 5.50. The Balaban J connectivity index is 1.77. The molecule has 8 heteroatoms. The van der Waals surface area contributed by atoms with Gasteiger partial charge in [0.15, 0.2) is 5.82 Å². The number of carbonyl (C=O) groups is 1. The molecule has 0 saturated heterocycles. The van der Waals surface area contributed by atoms with Gasteiger partial charge in [0.25, 0.3) is 0 Å². The van der Waals surface area contributed by atoms with Crippen molar-refractivity contribution in [2.45, 2.75) is 17.2 Å². The van der Waals surface area contributed by atoms with Gasteiger partial charge in [-0.15, -0.1) is 33.3 Å². The van der Waals surface area contributed by atoms with Crippen molar-refractivity contribution in [1.82, 2.24) is 25.9 Å². The Kier molecular flexibility index (Phi) is 4.10. The van der Waals surface area contributed by atoms with E-state index in [0.29, 0.717) is 11.6 Å². The molecule has 2 heterocycles. The third-order valence-electron chi connectivity index (χ3n) is 1.97. The third-order valence-corrected chi connectivity index (χ3v) is 4.10. The van der Waals surface area contributed by atoms with Gasteiger partial charge in [-0.25, -0.2) is 0 Å². The first-order chi connectivity index (χ1) is 8.25. The summed E-state index contributed by atoms with van der Waals surface area (Å²) >= 11 is 3.14. The summed E-state index contributed by atoms with van der Waals surface area (Å²) in [6.07, 6.45) is 0. The number of thioether (sulfide) groups is 1. The van der Waals surface area contributed by atoms with Crippen LogP contribution < -0.4 is 5.32 Å². The van der Waals surface area contributed by atoms with Crippen molar-refractivity contribution < 1.29 is 4.79 Å². The molecule has 6 nitrogen and oxygen atoms in total. The highest BCUT2D eigenvalue weighted by Gasteiger charge is 2.13. The molecule has 1 unspecified atom stereocenters. The van der Waals surface area contributed by atoms with Crippen molar-refractivity contribution in [2.24, 2.45) is 0 Å². The van der Waals surface area contributed by atoms with E-state index in [4.69, 9.17) is 0 Å². The fourth-order valence-corrected chi connectivity index (χ4v) is 2.78. The number of nitrogens with zero attached hydrogens (tertiary/aromatic N) is 3. The molecular weight excluding hydrogens is 258 g/mol. The molecule has 2 aromatic heterocycles. The highest BCUT2D eigenvalue weighted by atomic mass is 32.2. The maximum absolute atomic E-state index is 11.6. The van der Waals surface area contributed by atoms with Gasteiger partial charge in [0.1, 0.15) is 0 Å².